The van der Waals surface area contributed by atoms with Crippen molar-refractivity contribution >= 4 is 34.4 Å². The number of carbonyl (C=O) groups is 1. The lowest BCUT2D eigenvalue weighted by atomic mass is 10.0. The number of hydrogen-bond acceptors (Lipinski definition) is 3. The molecule has 1 aliphatic heterocycles. The topological polar surface area (TPSA) is 63.8 Å². The van der Waals surface area contributed by atoms with E-state index in [9.17, 15) is 9.59 Å². The van der Waals surface area contributed by atoms with E-state index >= 15 is 0 Å². The molecule has 0 aliphatic carbocycles. The van der Waals surface area contributed by atoms with Crippen molar-refractivity contribution in [1.82, 2.24) is 0 Å². The summed E-state index contributed by atoms with van der Waals surface area (Å²) < 4.78 is 5.99. The van der Waals surface area contributed by atoms with E-state index in [1.165, 1.54) is 11.3 Å². The summed E-state index contributed by atoms with van der Waals surface area (Å²) >= 11 is 6.10. The van der Waals surface area contributed by atoms with Gasteiger partial charge in [0.15, 0.2) is 6.54 Å². The molecular formula is C24H26ClN2O3+. The Hall–Kier alpha value is -2.63. The highest BCUT2D eigenvalue weighted by Crippen LogP contribution is 2.30. The molecular weight excluding hydrogens is 400 g/mol. The van der Waals surface area contributed by atoms with Crippen LogP contribution in [0.4, 0.5) is 5.88 Å². The smallest absolute Gasteiger partial charge is 0.281 e. The highest BCUT2D eigenvalue weighted by Gasteiger charge is 2.24. The summed E-state index contributed by atoms with van der Waals surface area (Å²) in [6, 6.07) is 12.5. The monoisotopic (exact) mass is 425 g/mol. The van der Waals surface area contributed by atoms with Crippen molar-refractivity contribution in [3.8, 4) is 11.1 Å². The van der Waals surface area contributed by atoms with Gasteiger partial charge in [-0.2, -0.15) is 0 Å². The minimum absolute atomic E-state index is 0.149. The van der Waals surface area contributed by atoms with Crippen LogP contribution < -0.4 is 15.6 Å². The van der Waals surface area contributed by atoms with Gasteiger partial charge in [0.25, 0.3) is 5.91 Å². The SMILES string of the molecule is Cc1ccc(-c2c(NC(=O)C[NH+]3CCC[C@H](C)C3)oc3ccc(Cl)cc3c2=O)cc1. The Bertz CT molecular complexity index is 1140. The molecule has 5 nitrogen and oxygen atoms in total. The number of fused-ring (bicyclic) bond motifs is 1. The fourth-order valence-electron chi connectivity index (χ4n) is 4.19. The first-order valence-corrected chi connectivity index (χ1v) is 10.8. The zero-order valence-electron chi connectivity index (χ0n) is 17.3. The first-order chi connectivity index (χ1) is 14.4. The quantitative estimate of drug-likeness (QED) is 0.670. The maximum Gasteiger partial charge on any atom is 0.281 e. The first-order valence-electron chi connectivity index (χ1n) is 10.4. The molecule has 4 rings (SSSR count). The Morgan fingerprint density at radius 1 is 1.23 bits per heavy atom. The lowest BCUT2D eigenvalue weighted by molar-refractivity contribution is -0.900. The predicted octanol–water partition coefficient (Wildman–Crippen LogP) is 3.68. The van der Waals surface area contributed by atoms with E-state index in [1.54, 1.807) is 18.2 Å². The van der Waals surface area contributed by atoms with Crippen LogP contribution in [0.2, 0.25) is 5.02 Å². The van der Waals surface area contributed by atoms with Crippen molar-refractivity contribution in [1.29, 1.82) is 0 Å². The molecule has 30 heavy (non-hydrogen) atoms. The van der Waals surface area contributed by atoms with Gasteiger partial charge in [0, 0.05) is 10.9 Å². The van der Waals surface area contributed by atoms with Gasteiger partial charge in [-0.3, -0.25) is 14.9 Å². The highest BCUT2D eigenvalue weighted by molar-refractivity contribution is 6.31. The van der Waals surface area contributed by atoms with Gasteiger partial charge >= 0.3 is 0 Å². The van der Waals surface area contributed by atoms with Crippen LogP contribution in [0.25, 0.3) is 22.1 Å². The largest absolute Gasteiger partial charge is 0.439 e. The van der Waals surface area contributed by atoms with Crippen LogP contribution in [0.15, 0.2) is 51.7 Å². The molecule has 2 aromatic carbocycles. The molecule has 0 spiro atoms. The van der Waals surface area contributed by atoms with Crippen LogP contribution in [0.1, 0.15) is 25.3 Å². The van der Waals surface area contributed by atoms with Crippen LogP contribution in [0.3, 0.4) is 0 Å². The number of anilines is 1. The number of piperidine rings is 1. The van der Waals surface area contributed by atoms with E-state index in [0.717, 1.165) is 25.1 Å². The normalized spacial score (nSPS) is 19.0. The Morgan fingerprint density at radius 3 is 2.73 bits per heavy atom. The fourth-order valence-corrected chi connectivity index (χ4v) is 4.37. The standard InChI is InChI=1S/C24H25ClN2O3/c1-15-5-7-17(8-6-15)22-23(29)19-12-18(25)9-10-20(19)30-24(22)26-21(28)14-27-11-3-4-16(2)13-27/h5-10,12,16H,3-4,11,13-14H2,1-2H3,(H,26,28)/p+1/t16-/m0/s1. The number of rotatable bonds is 4. The van der Waals surface area contributed by atoms with Gasteiger partial charge < -0.3 is 9.32 Å². The van der Waals surface area contributed by atoms with Crippen molar-refractivity contribution < 1.29 is 14.1 Å². The summed E-state index contributed by atoms with van der Waals surface area (Å²) in [4.78, 5) is 27.4. The summed E-state index contributed by atoms with van der Waals surface area (Å²) in [6.07, 6.45) is 2.34. The van der Waals surface area contributed by atoms with E-state index in [2.05, 4.69) is 12.2 Å². The van der Waals surface area contributed by atoms with Gasteiger partial charge in [0.05, 0.1) is 24.0 Å². The van der Waals surface area contributed by atoms with Crippen molar-refractivity contribution in [2.24, 2.45) is 5.92 Å². The van der Waals surface area contributed by atoms with Crippen LogP contribution in [-0.2, 0) is 4.79 Å². The molecule has 1 saturated heterocycles. The molecule has 2 atom stereocenters. The molecule has 3 aromatic rings. The number of amides is 1. The van der Waals surface area contributed by atoms with Crippen LogP contribution in [0, 0.1) is 12.8 Å². The van der Waals surface area contributed by atoms with E-state index in [0.29, 0.717) is 39.6 Å². The maximum absolute atomic E-state index is 13.3. The number of halogens is 1. The minimum Gasteiger partial charge on any atom is -0.439 e. The number of quaternary nitrogens is 1. The van der Waals surface area contributed by atoms with Gasteiger partial charge in [-0.25, -0.2) is 0 Å². The van der Waals surface area contributed by atoms with Gasteiger partial charge in [-0.15, -0.1) is 0 Å². The molecule has 2 heterocycles. The molecule has 0 saturated carbocycles. The third-order valence-corrected chi connectivity index (χ3v) is 5.96. The van der Waals surface area contributed by atoms with Gasteiger partial charge in [-0.1, -0.05) is 48.4 Å². The minimum atomic E-state index is -0.211. The Balaban J connectivity index is 1.73. The van der Waals surface area contributed by atoms with E-state index in [4.69, 9.17) is 16.0 Å². The summed E-state index contributed by atoms with van der Waals surface area (Å²) in [6.45, 7) is 6.54. The van der Waals surface area contributed by atoms with Crippen molar-refractivity contribution in [3.63, 3.8) is 0 Å². The molecule has 1 unspecified atom stereocenters. The molecule has 156 valence electrons. The Morgan fingerprint density at radius 2 is 2.00 bits per heavy atom. The van der Waals surface area contributed by atoms with E-state index < -0.39 is 0 Å². The summed E-state index contributed by atoms with van der Waals surface area (Å²) in [7, 11) is 0. The number of hydrogen-bond donors (Lipinski definition) is 2. The maximum atomic E-state index is 13.3. The average molecular weight is 426 g/mol. The zero-order valence-corrected chi connectivity index (χ0v) is 18.0. The molecule has 1 aromatic heterocycles. The third-order valence-electron chi connectivity index (χ3n) is 5.72. The number of carbonyl (C=O) groups excluding carboxylic acids is 1. The van der Waals surface area contributed by atoms with Gasteiger partial charge in [0.1, 0.15) is 5.58 Å². The second-order valence-electron chi connectivity index (χ2n) is 8.32. The number of likely N-dealkylation sites (tertiary alicyclic amines) is 1. The molecule has 1 fully saturated rings. The van der Waals surface area contributed by atoms with Crippen LogP contribution >= 0.6 is 11.6 Å². The fraction of sp³-hybridized carbons (Fsp3) is 0.333. The van der Waals surface area contributed by atoms with Crippen molar-refractivity contribution in [2.75, 3.05) is 25.0 Å². The number of benzene rings is 2. The lowest BCUT2D eigenvalue weighted by Crippen LogP contribution is -3.14. The average Bonchev–Trinajstić information content (AvgIpc) is 2.70. The summed E-state index contributed by atoms with van der Waals surface area (Å²) in [5.74, 6) is 0.657. The Labute approximate surface area is 180 Å². The van der Waals surface area contributed by atoms with Crippen LogP contribution in [0.5, 0.6) is 0 Å². The zero-order chi connectivity index (χ0) is 21.3. The highest BCUT2D eigenvalue weighted by atomic mass is 35.5. The molecule has 0 radical (unpaired) electrons. The van der Waals surface area contributed by atoms with Crippen molar-refractivity contribution in [2.45, 2.75) is 26.7 Å². The molecule has 2 N–H and O–H groups in total. The number of aryl methyl sites for hydroxylation is 1. The second-order valence-corrected chi connectivity index (χ2v) is 8.75. The molecule has 1 amide bonds. The third kappa shape index (κ3) is 4.42. The summed E-state index contributed by atoms with van der Waals surface area (Å²) in [5, 5.41) is 3.73. The van der Waals surface area contributed by atoms with E-state index in [1.807, 2.05) is 31.2 Å². The van der Waals surface area contributed by atoms with E-state index in [-0.39, 0.29) is 17.2 Å². The van der Waals surface area contributed by atoms with Crippen LogP contribution in [-0.4, -0.2) is 25.5 Å². The second kappa shape index (κ2) is 8.62. The van der Waals surface area contributed by atoms with Crippen molar-refractivity contribution in [3.05, 3.63) is 63.3 Å². The Kier molecular flexibility index (Phi) is 5.93. The number of nitrogens with one attached hydrogen (secondary N) is 2. The first kappa shape index (κ1) is 20.6. The molecule has 1 aliphatic rings. The summed E-state index contributed by atoms with van der Waals surface area (Å²) in [5.41, 5.74) is 2.32. The van der Waals surface area contributed by atoms with Gasteiger partial charge in [-0.05, 0) is 43.5 Å². The lowest BCUT2D eigenvalue weighted by Gasteiger charge is -2.27. The molecule has 0 bridgehead atoms. The molecule has 6 heteroatoms. The predicted molar refractivity (Wildman–Crippen MR) is 120 cm³/mol. The van der Waals surface area contributed by atoms with Gasteiger partial charge in [0.2, 0.25) is 11.3 Å².